The zero-order valence-corrected chi connectivity index (χ0v) is 7.48. The van der Waals surface area contributed by atoms with Gasteiger partial charge in [0, 0.05) is 5.56 Å². The molecule has 0 bridgehead atoms. The van der Waals surface area contributed by atoms with Gasteiger partial charge in [-0.2, -0.15) is 0 Å². The lowest BCUT2D eigenvalue weighted by Gasteiger charge is -2.03. The molecule has 1 aromatic rings. The molecule has 1 aromatic carbocycles. The van der Waals surface area contributed by atoms with Crippen LogP contribution in [-0.2, 0) is 4.74 Å². The van der Waals surface area contributed by atoms with Crippen LogP contribution in [0.15, 0.2) is 18.2 Å². The molecule has 0 radical (unpaired) electrons. The molecular weight excluding hydrogens is 186 g/mol. The second-order valence-electron chi connectivity index (χ2n) is 2.59. The Balaban J connectivity index is 3.21. The predicted molar refractivity (Wildman–Crippen MR) is 48.0 cm³/mol. The minimum absolute atomic E-state index is 0.0798. The van der Waals surface area contributed by atoms with Crippen LogP contribution in [0.4, 0.5) is 0 Å². The van der Waals surface area contributed by atoms with Gasteiger partial charge in [-0.15, -0.1) is 0 Å². The van der Waals surface area contributed by atoms with Crippen LogP contribution in [0.3, 0.4) is 0 Å². The van der Waals surface area contributed by atoms with Gasteiger partial charge >= 0.3 is 5.97 Å². The zero-order valence-electron chi connectivity index (χ0n) is 7.48. The minimum atomic E-state index is -0.717. The summed E-state index contributed by atoms with van der Waals surface area (Å²) in [5.74, 6) is -1.64. The third-order valence-corrected chi connectivity index (χ3v) is 1.69. The molecule has 14 heavy (non-hydrogen) atoms. The number of carbonyl (C=O) groups is 2. The van der Waals surface area contributed by atoms with Crippen LogP contribution in [0.2, 0.25) is 0 Å². The standard InChI is InChI=1S/C9H9NO4/c1-14-9(13)6-4-5(8(10)12)2-3-7(6)11/h2-4,11H,1H3,(H2,10,12). The monoisotopic (exact) mass is 195 g/mol. The van der Waals surface area contributed by atoms with Gasteiger partial charge in [-0.3, -0.25) is 4.79 Å². The van der Waals surface area contributed by atoms with Crippen LogP contribution in [0.1, 0.15) is 20.7 Å². The number of amides is 1. The molecule has 3 N–H and O–H groups in total. The maximum atomic E-state index is 11.1. The Morgan fingerprint density at radius 2 is 2.07 bits per heavy atom. The summed E-state index contributed by atoms with van der Waals surface area (Å²) in [4.78, 5) is 21.8. The first kappa shape index (κ1) is 10.0. The van der Waals surface area contributed by atoms with Gasteiger partial charge in [-0.05, 0) is 18.2 Å². The summed E-state index contributed by atoms with van der Waals surface area (Å²) in [6.45, 7) is 0. The van der Waals surface area contributed by atoms with Crippen LogP contribution in [0.5, 0.6) is 5.75 Å². The highest BCUT2D eigenvalue weighted by Crippen LogP contribution is 2.18. The molecule has 0 spiro atoms. The maximum absolute atomic E-state index is 11.1. The molecule has 74 valence electrons. The summed E-state index contributed by atoms with van der Waals surface area (Å²) in [5.41, 5.74) is 5.06. The highest BCUT2D eigenvalue weighted by Gasteiger charge is 2.13. The molecule has 0 saturated heterocycles. The molecule has 0 aromatic heterocycles. The minimum Gasteiger partial charge on any atom is -0.507 e. The van der Waals surface area contributed by atoms with Gasteiger partial charge in [-0.25, -0.2) is 4.79 Å². The van der Waals surface area contributed by atoms with Gasteiger partial charge in [-0.1, -0.05) is 0 Å². The number of ether oxygens (including phenoxy) is 1. The first-order valence-corrected chi connectivity index (χ1v) is 3.77. The Kier molecular flexibility index (Phi) is 2.71. The number of aromatic hydroxyl groups is 1. The highest BCUT2D eigenvalue weighted by molar-refractivity contribution is 5.98. The van der Waals surface area contributed by atoms with E-state index >= 15 is 0 Å². The molecule has 0 heterocycles. The number of esters is 1. The summed E-state index contributed by atoms with van der Waals surface area (Å²) in [6, 6.07) is 3.72. The van der Waals surface area contributed by atoms with E-state index in [9.17, 15) is 14.7 Å². The second-order valence-corrected chi connectivity index (χ2v) is 2.59. The smallest absolute Gasteiger partial charge is 0.341 e. The molecule has 0 aliphatic carbocycles. The number of primary amides is 1. The summed E-state index contributed by atoms with van der Waals surface area (Å²) in [7, 11) is 1.18. The van der Waals surface area contributed by atoms with Crippen molar-refractivity contribution in [2.75, 3.05) is 7.11 Å². The maximum Gasteiger partial charge on any atom is 0.341 e. The van der Waals surface area contributed by atoms with Crippen LogP contribution in [0, 0.1) is 0 Å². The van der Waals surface area contributed by atoms with E-state index in [-0.39, 0.29) is 16.9 Å². The molecule has 5 heteroatoms. The van der Waals surface area contributed by atoms with Crippen molar-refractivity contribution in [3.05, 3.63) is 29.3 Å². The van der Waals surface area contributed by atoms with Crippen molar-refractivity contribution in [1.82, 2.24) is 0 Å². The van der Waals surface area contributed by atoms with E-state index in [1.165, 1.54) is 25.3 Å². The Morgan fingerprint density at radius 3 is 2.57 bits per heavy atom. The summed E-state index contributed by atoms with van der Waals surface area (Å²) in [6.07, 6.45) is 0. The fraction of sp³-hybridized carbons (Fsp3) is 0.111. The van der Waals surface area contributed by atoms with E-state index in [4.69, 9.17) is 5.73 Å². The van der Waals surface area contributed by atoms with Gasteiger partial charge < -0.3 is 15.6 Å². The molecule has 1 amide bonds. The van der Waals surface area contributed by atoms with Gasteiger partial charge in [0.25, 0.3) is 0 Å². The fourth-order valence-electron chi connectivity index (χ4n) is 0.963. The van der Waals surface area contributed by atoms with Gasteiger partial charge in [0.2, 0.25) is 5.91 Å². The van der Waals surface area contributed by atoms with Crippen molar-refractivity contribution in [2.24, 2.45) is 5.73 Å². The molecule has 0 saturated carbocycles. The molecule has 0 fully saturated rings. The Morgan fingerprint density at radius 1 is 1.43 bits per heavy atom. The Labute approximate surface area is 80.1 Å². The number of hydrogen-bond acceptors (Lipinski definition) is 4. The van der Waals surface area contributed by atoms with E-state index in [2.05, 4.69) is 4.74 Å². The SMILES string of the molecule is COC(=O)c1cc(C(N)=O)ccc1O. The number of phenols is 1. The van der Waals surface area contributed by atoms with Crippen molar-refractivity contribution in [3.8, 4) is 5.75 Å². The second kappa shape index (κ2) is 3.78. The van der Waals surface area contributed by atoms with Crippen molar-refractivity contribution in [3.63, 3.8) is 0 Å². The van der Waals surface area contributed by atoms with E-state index < -0.39 is 11.9 Å². The number of methoxy groups -OCH3 is 1. The quantitative estimate of drug-likeness (QED) is 0.663. The lowest BCUT2D eigenvalue weighted by Crippen LogP contribution is -2.12. The van der Waals surface area contributed by atoms with Crippen molar-refractivity contribution >= 4 is 11.9 Å². The van der Waals surface area contributed by atoms with Crippen LogP contribution >= 0.6 is 0 Å². The molecule has 0 unspecified atom stereocenters. The van der Waals surface area contributed by atoms with E-state index in [1.54, 1.807) is 0 Å². The van der Waals surface area contributed by atoms with Gasteiger partial charge in [0.05, 0.1) is 7.11 Å². The summed E-state index contributed by atoms with van der Waals surface area (Å²) < 4.78 is 4.40. The number of benzene rings is 1. The van der Waals surface area contributed by atoms with Crippen LogP contribution in [0.25, 0.3) is 0 Å². The van der Waals surface area contributed by atoms with E-state index in [0.29, 0.717) is 0 Å². The van der Waals surface area contributed by atoms with Crippen molar-refractivity contribution in [1.29, 1.82) is 0 Å². The lowest BCUT2D eigenvalue weighted by atomic mass is 10.1. The number of hydrogen-bond donors (Lipinski definition) is 2. The largest absolute Gasteiger partial charge is 0.507 e. The first-order valence-electron chi connectivity index (χ1n) is 3.77. The lowest BCUT2D eigenvalue weighted by molar-refractivity contribution is 0.0597. The van der Waals surface area contributed by atoms with Crippen LogP contribution < -0.4 is 5.73 Å². The number of rotatable bonds is 2. The average Bonchev–Trinajstić information content (AvgIpc) is 2.17. The Bertz CT molecular complexity index is 386. The summed E-state index contributed by atoms with van der Waals surface area (Å²) >= 11 is 0. The third-order valence-electron chi connectivity index (χ3n) is 1.69. The number of phenolic OH excluding ortho intramolecular Hbond substituents is 1. The molecule has 0 aliphatic heterocycles. The molecular formula is C9H9NO4. The van der Waals surface area contributed by atoms with Gasteiger partial charge in [0.1, 0.15) is 11.3 Å². The van der Waals surface area contributed by atoms with E-state index in [1.807, 2.05) is 0 Å². The molecule has 0 atom stereocenters. The predicted octanol–water partition coefficient (Wildman–Crippen LogP) is 0.278. The topological polar surface area (TPSA) is 89.6 Å². The normalized spacial score (nSPS) is 9.50. The highest BCUT2D eigenvalue weighted by atomic mass is 16.5. The van der Waals surface area contributed by atoms with Crippen molar-refractivity contribution < 1.29 is 19.4 Å². The average molecular weight is 195 g/mol. The summed E-state index contributed by atoms with van der Waals surface area (Å²) in [5, 5.41) is 9.27. The fourth-order valence-corrected chi connectivity index (χ4v) is 0.963. The third kappa shape index (κ3) is 1.82. The van der Waals surface area contributed by atoms with Crippen molar-refractivity contribution in [2.45, 2.75) is 0 Å². The molecule has 0 aliphatic rings. The number of carbonyl (C=O) groups excluding carboxylic acids is 2. The van der Waals surface area contributed by atoms with Crippen LogP contribution in [-0.4, -0.2) is 24.1 Å². The van der Waals surface area contributed by atoms with Gasteiger partial charge in [0.15, 0.2) is 0 Å². The molecule has 1 rings (SSSR count). The molecule has 5 nitrogen and oxygen atoms in total. The Hall–Kier alpha value is -2.04. The first-order chi connectivity index (χ1) is 6.56. The number of nitrogens with two attached hydrogens (primary N) is 1. The van der Waals surface area contributed by atoms with E-state index in [0.717, 1.165) is 0 Å². The zero-order chi connectivity index (χ0) is 10.7.